The number of carbonyl (C=O) groups excluding carboxylic acids is 1. The Hall–Kier alpha value is -1.56. The number of fused-ring (bicyclic) bond motifs is 1. The minimum absolute atomic E-state index is 0.116. The first-order valence-corrected chi connectivity index (χ1v) is 12.3. The summed E-state index contributed by atoms with van der Waals surface area (Å²) in [7, 11) is 0.599. The van der Waals surface area contributed by atoms with Gasteiger partial charge in [0.15, 0.2) is 15.0 Å². The van der Waals surface area contributed by atoms with E-state index in [9.17, 15) is 13.2 Å². The van der Waals surface area contributed by atoms with Crippen molar-refractivity contribution in [3.05, 3.63) is 51.6 Å². The van der Waals surface area contributed by atoms with Crippen molar-refractivity contribution >= 4 is 65.0 Å². The van der Waals surface area contributed by atoms with Crippen LogP contribution in [0.1, 0.15) is 10.4 Å². The van der Waals surface area contributed by atoms with Crippen LogP contribution in [0.2, 0.25) is 0 Å². The number of rotatable bonds is 6. The topological polar surface area (TPSA) is 70.6 Å². The summed E-state index contributed by atoms with van der Waals surface area (Å²) in [6.07, 6.45) is 1.18. The van der Waals surface area contributed by atoms with Gasteiger partial charge in [0.1, 0.15) is 0 Å². The molecular weight excluding hydrogens is 509 g/mol. The molecule has 0 saturated carbocycles. The number of hydrogen-bond acceptors (Lipinski definition) is 6. The Morgan fingerprint density at radius 2 is 1.86 bits per heavy atom. The van der Waals surface area contributed by atoms with Gasteiger partial charge in [-0.3, -0.25) is 9.69 Å². The third-order valence-electron chi connectivity index (χ3n) is 4.13. The fraction of sp³-hybridized carbons (Fsp3) is 0.263. The monoisotopic (exact) mass is 529 g/mol. The van der Waals surface area contributed by atoms with Crippen molar-refractivity contribution in [1.29, 1.82) is 0 Å². The number of nitrogens with zero attached hydrogens (tertiary/aromatic N) is 3. The molecule has 0 radical (unpaired) electrons. The van der Waals surface area contributed by atoms with Crippen molar-refractivity contribution in [2.75, 3.05) is 38.3 Å². The quantitative estimate of drug-likeness (QED) is 0.458. The van der Waals surface area contributed by atoms with Gasteiger partial charge >= 0.3 is 0 Å². The molecule has 0 saturated heterocycles. The number of aromatic nitrogens is 1. The van der Waals surface area contributed by atoms with Crippen LogP contribution in [0.5, 0.6) is 0 Å². The molecule has 0 spiro atoms. The van der Waals surface area contributed by atoms with Crippen molar-refractivity contribution in [3.8, 4) is 0 Å². The number of hydrogen-bond donors (Lipinski definition) is 0. The normalized spacial score (nSPS) is 11.9. The molecule has 2 aromatic carbocycles. The number of thiazole rings is 1. The molecule has 0 atom stereocenters. The van der Waals surface area contributed by atoms with Crippen LogP contribution < -0.4 is 4.90 Å². The second kappa shape index (κ2) is 8.44. The van der Waals surface area contributed by atoms with Gasteiger partial charge in [-0.05, 0) is 67.0 Å². The predicted octanol–water partition coefficient (Wildman–Crippen LogP) is 3.51. The second-order valence-corrected chi connectivity index (χ2v) is 10.8. The molecule has 148 valence electrons. The van der Waals surface area contributed by atoms with Crippen LogP contribution in [0.3, 0.4) is 0 Å². The Morgan fingerprint density at radius 3 is 2.50 bits per heavy atom. The highest BCUT2D eigenvalue weighted by Gasteiger charge is 2.23. The average molecular weight is 529 g/mol. The van der Waals surface area contributed by atoms with E-state index in [1.165, 1.54) is 17.6 Å². The number of anilines is 1. The van der Waals surface area contributed by atoms with Crippen LogP contribution in [0, 0.1) is 3.57 Å². The lowest BCUT2D eigenvalue weighted by molar-refractivity contribution is 0.0984. The van der Waals surface area contributed by atoms with Gasteiger partial charge in [-0.25, -0.2) is 13.4 Å². The molecule has 6 nitrogen and oxygen atoms in total. The minimum Gasteiger partial charge on any atom is -0.308 e. The standard InChI is InChI=1S/C19H20IN3O3S2/c1-22(2)10-11-23(18(24)14-6-4-5-7-15(14)20)19-21-16-9-8-13(28(3,25)26)12-17(16)27-19/h4-9,12H,10-11H2,1-3H3. The molecule has 1 heterocycles. The third kappa shape index (κ3) is 4.70. The van der Waals surface area contributed by atoms with Crippen LogP contribution in [0.25, 0.3) is 10.2 Å². The van der Waals surface area contributed by atoms with E-state index < -0.39 is 9.84 Å². The summed E-state index contributed by atoms with van der Waals surface area (Å²) in [5.41, 5.74) is 1.30. The van der Waals surface area contributed by atoms with E-state index in [2.05, 4.69) is 27.6 Å². The molecule has 1 aromatic heterocycles. The lowest BCUT2D eigenvalue weighted by Crippen LogP contribution is -2.37. The van der Waals surface area contributed by atoms with Gasteiger partial charge in [0, 0.05) is 22.9 Å². The van der Waals surface area contributed by atoms with Crippen LogP contribution in [0.4, 0.5) is 5.13 Å². The first kappa shape index (κ1) is 21.2. The highest BCUT2D eigenvalue weighted by Crippen LogP contribution is 2.31. The summed E-state index contributed by atoms with van der Waals surface area (Å²) in [4.78, 5) is 21.8. The van der Waals surface area contributed by atoms with Gasteiger partial charge in [-0.15, -0.1) is 0 Å². The Labute approximate surface area is 182 Å². The molecule has 1 amide bonds. The summed E-state index contributed by atoms with van der Waals surface area (Å²) < 4.78 is 25.3. The molecule has 9 heteroatoms. The lowest BCUT2D eigenvalue weighted by atomic mass is 10.2. The highest BCUT2D eigenvalue weighted by atomic mass is 127. The van der Waals surface area contributed by atoms with E-state index in [0.717, 1.165) is 8.27 Å². The van der Waals surface area contributed by atoms with E-state index in [1.54, 1.807) is 23.1 Å². The number of amides is 1. The van der Waals surface area contributed by atoms with Crippen molar-refractivity contribution < 1.29 is 13.2 Å². The number of carbonyl (C=O) groups is 1. The maximum atomic E-state index is 13.3. The van der Waals surface area contributed by atoms with Gasteiger partial charge in [0.05, 0.1) is 20.7 Å². The minimum atomic E-state index is -3.30. The number of halogens is 1. The zero-order valence-corrected chi connectivity index (χ0v) is 19.5. The molecular formula is C19H20IN3O3S2. The maximum absolute atomic E-state index is 13.3. The fourth-order valence-corrected chi connectivity index (χ4v) is 4.97. The van der Waals surface area contributed by atoms with E-state index in [4.69, 9.17) is 0 Å². The molecule has 0 N–H and O–H groups in total. The third-order valence-corrected chi connectivity index (χ3v) is 7.22. The van der Waals surface area contributed by atoms with Crippen LogP contribution in [-0.4, -0.2) is 57.6 Å². The zero-order chi connectivity index (χ0) is 20.5. The van der Waals surface area contributed by atoms with Gasteiger partial charge in [0.2, 0.25) is 0 Å². The van der Waals surface area contributed by atoms with E-state index in [0.29, 0.717) is 29.3 Å². The summed E-state index contributed by atoms with van der Waals surface area (Å²) >= 11 is 3.48. The molecule has 0 fully saturated rings. The van der Waals surface area contributed by atoms with E-state index in [-0.39, 0.29) is 10.8 Å². The Balaban J connectivity index is 2.05. The molecule has 3 aromatic rings. The Bertz CT molecular complexity index is 1130. The number of sulfone groups is 1. The van der Waals surface area contributed by atoms with E-state index in [1.807, 2.05) is 43.3 Å². The first-order valence-electron chi connectivity index (χ1n) is 8.48. The molecule has 0 aliphatic rings. The summed E-state index contributed by atoms with van der Waals surface area (Å²) in [5, 5.41) is 0.562. The SMILES string of the molecule is CN(C)CCN(C(=O)c1ccccc1I)c1nc2ccc(S(C)(=O)=O)cc2s1. The van der Waals surface area contributed by atoms with Crippen molar-refractivity contribution in [3.63, 3.8) is 0 Å². The molecule has 28 heavy (non-hydrogen) atoms. The van der Waals surface area contributed by atoms with Gasteiger partial charge in [-0.2, -0.15) is 0 Å². The molecule has 0 aliphatic carbocycles. The predicted molar refractivity (Wildman–Crippen MR) is 122 cm³/mol. The zero-order valence-electron chi connectivity index (χ0n) is 15.7. The van der Waals surface area contributed by atoms with E-state index >= 15 is 0 Å². The Morgan fingerprint density at radius 1 is 1.14 bits per heavy atom. The maximum Gasteiger partial charge on any atom is 0.261 e. The number of benzene rings is 2. The molecule has 3 rings (SSSR count). The van der Waals surface area contributed by atoms with Gasteiger partial charge < -0.3 is 4.90 Å². The fourth-order valence-electron chi connectivity index (χ4n) is 2.60. The van der Waals surface area contributed by atoms with Gasteiger partial charge in [0.25, 0.3) is 5.91 Å². The Kier molecular flexibility index (Phi) is 6.37. The smallest absolute Gasteiger partial charge is 0.261 e. The average Bonchev–Trinajstić information content (AvgIpc) is 3.04. The molecule has 0 aliphatic heterocycles. The van der Waals surface area contributed by atoms with Crippen LogP contribution in [-0.2, 0) is 9.84 Å². The second-order valence-electron chi connectivity index (χ2n) is 6.64. The van der Waals surface area contributed by atoms with Crippen molar-refractivity contribution in [2.24, 2.45) is 0 Å². The van der Waals surface area contributed by atoms with Crippen molar-refractivity contribution in [1.82, 2.24) is 9.88 Å². The summed E-state index contributed by atoms with van der Waals surface area (Å²) in [6.45, 7) is 1.16. The van der Waals surface area contributed by atoms with Crippen LogP contribution in [0.15, 0.2) is 47.4 Å². The number of likely N-dealkylation sites (N-methyl/N-ethyl adjacent to an activating group) is 1. The largest absolute Gasteiger partial charge is 0.308 e. The first-order chi connectivity index (χ1) is 13.2. The highest BCUT2D eigenvalue weighted by molar-refractivity contribution is 14.1. The molecule has 0 bridgehead atoms. The summed E-state index contributed by atoms with van der Waals surface area (Å²) in [6, 6.07) is 12.3. The molecule has 0 unspecified atom stereocenters. The van der Waals surface area contributed by atoms with Crippen LogP contribution >= 0.6 is 33.9 Å². The van der Waals surface area contributed by atoms with Crippen molar-refractivity contribution in [2.45, 2.75) is 4.90 Å². The van der Waals surface area contributed by atoms with Gasteiger partial charge in [-0.1, -0.05) is 23.5 Å². The lowest BCUT2D eigenvalue weighted by Gasteiger charge is -2.22. The summed E-state index contributed by atoms with van der Waals surface area (Å²) in [5.74, 6) is -0.116.